The van der Waals surface area contributed by atoms with Crippen molar-refractivity contribution in [2.24, 2.45) is 33.8 Å². The highest BCUT2D eigenvalue weighted by Gasteiger charge is 2.28. The Morgan fingerprint density at radius 3 is 2.10 bits per heavy atom. The Morgan fingerprint density at radius 2 is 1.48 bits per heavy atom. The van der Waals surface area contributed by atoms with Crippen molar-refractivity contribution >= 4 is 29.7 Å². The minimum atomic E-state index is -0.927. The number of guanidine groups is 1. The Hall–Kier alpha value is -4.45. The Labute approximate surface area is 246 Å². The minimum absolute atomic E-state index is 0.0314. The number of hydrogen-bond acceptors (Lipinski definition) is 7. The van der Waals surface area contributed by atoms with Crippen LogP contribution in [0.1, 0.15) is 49.7 Å². The number of hydrogen-bond donors (Lipinski definition) is 6. The van der Waals surface area contributed by atoms with Crippen molar-refractivity contribution in [3.8, 4) is 0 Å². The first-order chi connectivity index (χ1) is 20.2. The van der Waals surface area contributed by atoms with Crippen LogP contribution in [0.2, 0.25) is 0 Å². The van der Waals surface area contributed by atoms with Gasteiger partial charge in [0.1, 0.15) is 18.4 Å². The number of carbonyl (C=O) groups excluding carboxylic acids is 4. The number of Topliss-reactive ketones (excluding diaryl/α,β-unsaturated/α-hetero) is 1. The van der Waals surface area contributed by atoms with E-state index in [0.717, 1.165) is 11.1 Å². The summed E-state index contributed by atoms with van der Waals surface area (Å²) in [5.74, 6) is -2.18. The maximum atomic E-state index is 13.3. The maximum absolute atomic E-state index is 13.3. The topological polar surface area (TPSA) is 218 Å². The lowest BCUT2D eigenvalue weighted by atomic mass is 9.90. The van der Waals surface area contributed by atoms with Gasteiger partial charge in [-0.25, -0.2) is 4.79 Å². The van der Waals surface area contributed by atoms with E-state index in [1.807, 2.05) is 60.7 Å². The number of primary amides is 1. The number of unbranched alkanes of at least 4 members (excludes halogenated alkanes) is 1. The molecule has 10 N–H and O–H groups in total. The zero-order valence-corrected chi connectivity index (χ0v) is 23.9. The molecule has 0 aliphatic carbocycles. The summed E-state index contributed by atoms with van der Waals surface area (Å²) >= 11 is 0. The van der Waals surface area contributed by atoms with Gasteiger partial charge in [-0.05, 0) is 49.7 Å². The number of rotatable bonds is 19. The molecule has 2 rings (SSSR count). The number of ketones is 1. The molecular formula is C30H43N7O5. The normalized spacial score (nSPS) is 12.8. The summed E-state index contributed by atoms with van der Waals surface area (Å²) in [7, 11) is 0. The van der Waals surface area contributed by atoms with E-state index in [0.29, 0.717) is 45.2 Å². The van der Waals surface area contributed by atoms with E-state index in [4.69, 9.17) is 27.7 Å². The highest BCUT2D eigenvalue weighted by atomic mass is 16.5. The lowest BCUT2D eigenvalue weighted by Gasteiger charge is -2.22. The third-order valence-electron chi connectivity index (χ3n) is 6.59. The largest absolute Gasteiger partial charge is 0.445 e. The predicted molar refractivity (Wildman–Crippen MR) is 161 cm³/mol. The molecule has 228 valence electrons. The molecule has 0 heterocycles. The maximum Gasteiger partial charge on any atom is 0.407 e. The molecule has 12 heteroatoms. The zero-order valence-electron chi connectivity index (χ0n) is 23.9. The van der Waals surface area contributed by atoms with Gasteiger partial charge in [-0.3, -0.25) is 19.4 Å². The van der Waals surface area contributed by atoms with Gasteiger partial charge in [0.25, 0.3) is 0 Å². The van der Waals surface area contributed by atoms with E-state index in [1.54, 1.807) is 0 Å². The van der Waals surface area contributed by atoms with Crippen molar-refractivity contribution in [2.75, 3.05) is 13.1 Å². The zero-order chi connectivity index (χ0) is 30.7. The molecule has 0 saturated carbocycles. The van der Waals surface area contributed by atoms with Gasteiger partial charge in [0.15, 0.2) is 5.96 Å². The number of nitrogens with zero attached hydrogens (tertiary/aromatic N) is 1. The summed E-state index contributed by atoms with van der Waals surface area (Å²) in [4.78, 5) is 54.1. The van der Waals surface area contributed by atoms with Gasteiger partial charge in [0, 0.05) is 25.4 Å². The molecule has 0 spiro atoms. The van der Waals surface area contributed by atoms with Gasteiger partial charge in [-0.1, -0.05) is 60.7 Å². The summed E-state index contributed by atoms with van der Waals surface area (Å²) in [5, 5.41) is 5.38. The Balaban J connectivity index is 1.86. The highest BCUT2D eigenvalue weighted by Crippen LogP contribution is 2.16. The van der Waals surface area contributed by atoms with E-state index in [9.17, 15) is 19.2 Å². The first kappa shape index (κ1) is 33.8. The van der Waals surface area contributed by atoms with Gasteiger partial charge in [-0.15, -0.1) is 0 Å². The molecule has 0 aromatic heterocycles. The minimum Gasteiger partial charge on any atom is -0.445 e. The van der Waals surface area contributed by atoms with Crippen molar-refractivity contribution in [3.05, 3.63) is 71.8 Å². The first-order valence-corrected chi connectivity index (χ1v) is 14.1. The summed E-state index contributed by atoms with van der Waals surface area (Å²) in [6.07, 6.45) is 1.87. The average Bonchev–Trinajstić information content (AvgIpc) is 2.97. The summed E-state index contributed by atoms with van der Waals surface area (Å²) in [6, 6.07) is 16.9. The van der Waals surface area contributed by atoms with Gasteiger partial charge in [0.05, 0.1) is 6.04 Å². The van der Waals surface area contributed by atoms with Crippen LogP contribution in [0.5, 0.6) is 0 Å². The van der Waals surface area contributed by atoms with Crippen molar-refractivity contribution in [1.82, 2.24) is 10.6 Å². The Kier molecular flexibility index (Phi) is 15.1. The van der Waals surface area contributed by atoms with Crippen LogP contribution in [0.3, 0.4) is 0 Å². The van der Waals surface area contributed by atoms with Gasteiger partial charge in [0.2, 0.25) is 11.8 Å². The lowest BCUT2D eigenvalue weighted by Crippen LogP contribution is -2.47. The fourth-order valence-corrected chi connectivity index (χ4v) is 4.24. The third kappa shape index (κ3) is 13.8. The highest BCUT2D eigenvalue weighted by molar-refractivity contribution is 5.92. The number of ether oxygens (including phenoxy) is 1. The Morgan fingerprint density at radius 1 is 0.833 bits per heavy atom. The number of nitrogens with two attached hydrogens (primary N) is 4. The smallest absolute Gasteiger partial charge is 0.407 e. The van der Waals surface area contributed by atoms with Crippen molar-refractivity contribution in [1.29, 1.82) is 0 Å². The van der Waals surface area contributed by atoms with E-state index in [-0.39, 0.29) is 31.2 Å². The average molecular weight is 582 g/mol. The van der Waals surface area contributed by atoms with Crippen molar-refractivity contribution < 1.29 is 23.9 Å². The molecule has 2 aromatic carbocycles. The summed E-state index contributed by atoms with van der Waals surface area (Å²) < 4.78 is 5.17. The second kappa shape index (κ2) is 18.8. The van der Waals surface area contributed by atoms with Crippen molar-refractivity contribution in [3.63, 3.8) is 0 Å². The lowest BCUT2D eigenvalue weighted by molar-refractivity contribution is -0.132. The van der Waals surface area contributed by atoms with Crippen LogP contribution < -0.4 is 33.6 Å². The van der Waals surface area contributed by atoms with Gasteiger partial charge < -0.3 is 38.3 Å². The van der Waals surface area contributed by atoms with E-state index < -0.39 is 35.9 Å². The number of amides is 3. The SMILES string of the molecule is NC(=O)[C@H](CCCCNC(=O)OCc1ccccc1)NC(=O)[C@@H](CC(=O)[C@H](N)CCCN=C(N)N)Cc1ccccc1. The molecule has 3 atom stereocenters. The molecule has 0 radical (unpaired) electrons. The predicted octanol–water partition coefficient (Wildman–Crippen LogP) is 1.25. The fourth-order valence-electron chi connectivity index (χ4n) is 4.24. The quantitative estimate of drug-likeness (QED) is 0.0803. The number of benzene rings is 2. The molecule has 0 unspecified atom stereocenters. The van der Waals surface area contributed by atoms with E-state index >= 15 is 0 Å². The van der Waals surface area contributed by atoms with Crippen LogP contribution in [0.4, 0.5) is 4.79 Å². The van der Waals surface area contributed by atoms with Crippen LogP contribution in [0.15, 0.2) is 65.7 Å². The number of alkyl carbamates (subject to hydrolysis) is 1. The molecule has 0 aliphatic rings. The van der Waals surface area contributed by atoms with E-state index in [1.165, 1.54) is 0 Å². The molecule has 0 fully saturated rings. The second-order valence-electron chi connectivity index (χ2n) is 10.1. The first-order valence-electron chi connectivity index (χ1n) is 14.1. The number of aliphatic imine (C=N–C) groups is 1. The van der Waals surface area contributed by atoms with Crippen LogP contribution in [-0.4, -0.2) is 54.8 Å². The number of nitrogens with one attached hydrogen (secondary N) is 2. The van der Waals surface area contributed by atoms with Crippen molar-refractivity contribution in [2.45, 2.75) is 63.6 Å². The van der Waals surface area contributed by atoms with Crippen LogP contribution in [0, 0.1) is 5.92 Å². The molecule has 0 bridgehead atoms. The van der Waals surface area contributed by atoms with Gasteiger partial charge >= 0.3 is 6.09 Å². The van der Waals surface area contributed by atoms with E-state index in [2.05, 4.69) is 15.6 Å². The molecular weight excluding hydrogens is 538 g/mol. The number of carbonyl (C=O) groups is 4. The molecule has 0 aliphatic heterocycles. The fraction of sp³-hybridized carbons (Fsp3) is 0.433. The Bertz CT molecular complexity index is 1160. The summed E-state index contributed by atoms with van der Waals surface area (Å²) in [6.45, 7) is 0.846. The van der Waals surface area contributed by atoms with Crippen LogP contribution >= 0.6 is 0 Å². The van der Waals surface area contributed by atoms with Crippen LogP contribution in [-0.2, 0) is 32.1 Å². The van der Waals surface area contributed by atoms with Gasteiger partial charge in [-0.2, -0.15) is 0 Å². The second-order valence-corrected chi connectivity index (χ2v) is 10.1. The molecule has 3 amide bonds. The molecule has 2 aromatic rings. The molecule has 0 saturated heterocycles. The third-order valence-corrected chi connectivity index (χ3v) is 6.59. The molecule has 42 heavy (non-hydrogen) atoms. The standard InChI is InChI=1S/C30H43N7O5/c31-24(14-9-17-35-29(33)34)26(38)19-23(18-21-10-3-1-4-11-21)28(40)37-25(27(32)39)15-7-8-16-36-30(41)42-20-22-12-5-2-6-13-22/h1-6,10-13,23-25H,7-9,14-20,31H2,(H2,32,39)(H,36,41)(H,37,40)(H4,33,34,35)/t23-,24-,25+/m1/s1. The summed E-state index contributed by atoms with van der Waals surface area (Å²) in [5.41, 5.74) is 24.0. The van der Waals surface area contributed by atoms with Crippen LogP contribution in [0.25, 0.3) is 0 Å². The molecule has 12 nitrogen and oxygen atoms in total. The monoisotopic (exact) mass is 581 g/mol.